The van der Waals surface area contributed by atoms with Gasteiger partial charge < -0.3 is 16.8 Å². The zero-order valence-corrected chi connectivity index (χ0v) is 20.4. The quantitative estimate of drug-likeness (QED) is 0.253. The highest BCUT2D eigenvalue weighted by Crippen LogP contribution is 2.30. The summed E-state index contributed by atoms with van der Waals surface area (Å²) in [5.74, 6) is 0.311. The number of nitrogen functional groups attached to an aromatic ring is 1. The van der Waals surface area contributed by atoms with Gasteiger partial charge in [-0.2, -0.15) is 0 Å². The number of rotatable bonds is 10. The highest BCUT2D eigenvalue weighted by atomic mass is 35.5. The van der Waals surface area contributed by atoms with E-state index in [9.17, 15) is 4.79 Å². The van der Waals surface area contributed by atoms with E-state index in [2.05, 4.69) is 10.3 Å². The van der Waals surface area contributed by atoms with Crippen LogP contribution in [0.4, 0.5) is 5.69 Å². The van der Waals surface area contributed by atoms with Gasteiger partial charge in [-0.15, -0.1) is 11.3 Å². The summed E-state index contributed by atoms with van der Waals surface area (Å²) in [5, 5.41) is 4.17. The van der Waals surface area contributed by atoms with Gasteiger partial charge in [-0.1, -0.05) is 41.0 Å². The fourth-order valence-corrected chi connectivity index (χ4v) is 5.57. The SMILES string of the molecule is CC(CC(N)CCCc1ccc(Cl)c(Cl)c1)NC(=O)CSc1nc2ccc(N)cc2s1. The standard InChI is InChI=1S/C22H26Cl2N4OS2/c1-13(9-15(25)4-2-3-14-5-7-17(23)18(24)10-14)27-21(29)12-30-22-28-19-8-6-16(26)11-20(19)31-22/h5-8,10-11,13,15H,2-4,9,12,25-26H2,1H3,(H,27,29). The molecule has 0 aliphatic rings. The third kappa shape index (κ3) is 7.54. The second-order valence-electron chi connectivity index (χ2n) is 7.60. The number of aromatic nitrogens is 1. The van der Waals surface area contributed by atoms with Crippen LogP contribution in [0.5, 0.6) is 0 Å². The smallest absolute Gasteiger partial charge is 0.230 e. The Morgan fingerprint density at radius 2 is 2.03 bits per heavy atom. The summed E-state index contributed by atoms with van der Waals surface area (Å²) in [7, 11) is 0. The predicted molar refractivity (Wildman–Crippen MR) is 134 cm³/mol. The van der Waals surface area contributed by atoms with Crippen molar-refractivity contribution in [1.82, 2.24) is 10.3 Å². The highest BCUT2D eigenvalue weighted by Gasteiger charge is 2.13. The normalized spacial score (nSPS) is 13.3. The van der Waals surface area contributed by atoms with Crippen molar-refractivity contribution in [1.29, 1.82) is 0 Å². The third-order valence-electron chi connectivity index (χ3n) is 4.81. The molecule has 3 aromatic rings. The zero-order valence-electron chi connectivity index (χ0n) is 17.2. The van der Waals surface area contributed by atoms with Gasteiger partial charge in [-0.05, 0) is 68.5 Å². The maximum absolute atomic E-state index is 12.3. The number of halogens is 2. The van der Waals surface area contributed by atoms with Gasteiger partial charge in [-0.25, -0.2) is 4.98 Å². The van der Waals surface area contributed by atoms with Gasteiger partial charge in [0.15, 0.2) is 4.34 Å². The summed E-state index contributed by atoms with van der Waals surface area (Å²) in [6.45, 7) is 1.99. The van der Waals surface area contributed by atoms with Gasteiger partial charge in [0.2, 0.25) is 5.91 Å². The Balaban J connectivity index is 1.36. The van der Waals surface area contributed by atoms with E-state index >= 15 is 0 Å². The lowest BCUT2D eigenvalue weighted by molar-refractivity contribution is -0.119. The Bertz CT molecular complexity index is 1040. The van der Waals surface area contributed by atoms with E-state index < -0.39 is 0 Å². The van der Waals surface area contributed by atoms with Crippen molar-refractivity contribution in [2.45, 2.75) is 49.0 Å². The predicted octanol–water partition coefficient (Wildman–Crippen LogP) is 5.52. The number of amides is 1. The van der Waals surface area contributed by atoms with Gasteiger partial charge >= 0.3 is 0 Å². The second-order valence-corrected chi connectivity index (χ2v) is 10.7. The van der Waals surface area contributed by atoms with Crippen LogP contribution in [0.15, 0.2) is 40.7 Å². The lowest BCUT2D eigenvalue weighted by Crippen LogP contribution is -2.38. The van der Waals surface area contributed by atoms with Crippen LogP contribution >= 0.6 is 46.3 Å². The lowest BCUT2D eigenvalue weighted by Gasteiger charge is -2.18. The van der Waals surface area contributed by atoms with Crippen LogP contribution in [0.1, 0.15) is 31.7 Å². The van der Waals surface area contributed by atoms with Crippen molar-refractivity contribution >= 4 is 68.1 Å². The number of hydrogen-bond donors (Lipinski definition) is 3. The monoisotopic (exact) mass is 496 g/mol. The van der Waals surface area contributed by atoms with E-state index in [0.29, 0.717) is 21.5 Å². The van der Waals surface area contributed by atoms with Gasteiger partial charge in [0.05, 0.1) is 26.0 Å². The average Bonchev–Trinajstić information content (AvgIpc) is 3.11. The Labute approximate surface area is 200 Å². The Morgan fingerprint density at radius 3 is 2.81 bits per heavy atom. The number of thioether (sulfide) groups is 1. The number of nitrogens with zero attached hydrogens (tertiary/aromatic N) is 1. The van der Waals surface area contributed by atoms with Gasteiger partial charge in [-0.3, -0.25) is 4.79 Å². The molecular weight excluding hydrogens is 471 g/mol. The number of carbonyl (C=O) groups excluding carboxylic acids is 1. The molecule has 5 N–H and O–H groups in total. The molecule has 0 spiro atoms. The molecule has 0 bridgehead atoms. The highest BCUT2D eigenvalue weighted by molar-refractivity contribution is 8.01. The van der Waals surface area contributed by atoms with Gasteiger partial charge in [0.25, 0.3) is 0 Å². The summed E-state index contributed by atoms with van der Waals surface area (Å²) in [6, 6.07) is 11.4. The topological polar surface area (TPSA) is 94.0 Å². The molecule has 0 radical (unpaired) electrons. The van der Waals surface area contributed by atoms with E-state index in [1.807, 2.05) is 43.3 Å². The first-order chi connectivity index (χ1) is 14.8. The van der Waals surface area contributed by atoms with Crippen molar-refractivity contribution in [3.05, 3.63) is 52.0 Å². The molecule has 31 heavy (non-hydrogen) atoms. The van der Waals surface area contributed by atoms with Crippen LogP contribution in [0.25, 0.3) is 10.2 Å². The Morgan fingerprint density at radius 1 is 1.23 bits per heavy atom. The number of hydrogen-bond acceptors (Lipinski definition) is 6. The molecule has 0 fully saturated rings. The van der Waals surface area contributed by atoms with Crippen LogP contribution in [0.3, 0.4) is 0 Å². The second kappa shape index (κ2) is 11.4. The minimum Gasteiger partial charge on any atom is -0.399 e. The molecule has 2 atom stereocenters. The number of aryl methyl sites for hydroxylation is 1. The van der Waals surface area contributed by atoms with Crippen LogP contribution in [-0.2, 0) is 11.2 Å². The third-order valence-corrected chi connectivity index (χ3v) is 7.71. The summed E-state index contributed by atoms with van der Waals surface area (Å²) in [6.07, 6.45) is 3.47. The summed E-state index contributed by atoms with van der Waals surface area (Å²) >= 11 is 15.0. The first-order valence-corrected chi connectivity index (χ1v) is 12.6. The van der Waals surface area contributed by atoms with Crippen molar-refractivity contribution in [3.8, 4) is 0 Å². The molecule has 2 aromatic carbocycles. The largest absolute Gasteiger partial charge is 0.399 e. The summed E-state index contributed by atoms with van der Waals surface area (Å²) in [4.78, 5) is 16.8. The molecule has 9 heteroatoms. The fraction of sp³-hybridized carbons (Fsp3) is 0.364. The summed E-state index contributed by atoms with van der Waals surface area (Å²) in [5.41, 5.74) is 14.8. The number of anilines is 1. The van der Waals surface area contributed by atoms with Crippen molar-refractivity contribution in [2.75, 3.05) is 11.5 Å². The van der Waals surface area contributed by atoms with Crippen LogP contribution in [-0.4, -0.2) is 28.7 Å². The van der Waals surface area contributed by atoms with E-state index in [0.717, 1.165) is 45.8 Å². The molecule has 0 saturated heterocycles. The van der Waals surface area contributed by atoms with Crippen LogP contribution < -0.4 is 16.8 Å². The first-order valence-electron chi connectivity index (χ1n) is 10.1. The number of nitrogens with one attached hydrogen (secondary N) is 1. The van der Waals surface area contributed by atoms with Gasteiger partial charge in [0.1, 0.15) is 0 Å². The number of fused-ring (bicyclic) bond motifs is 1. The van der Waals surface area contributed by atoms with E-state index in [1.54, 1.807) is 11.3 Å². The molecular formula is C22H26Cl2N4OS2. The molecule has 0 aliphatic heterocycles. The molecule has 1 aromatic heterocycles. The lowest BCUT2D eigenvalue weighted by atomic mass is 10.0. The Hall–Kier alpha value is -1.51. The number of carbonyl (C=O) groups is 1. The van der Waals surface area contributed by atoms with E-state index in [4.69, 9.17) is 34.7 Å². The fourth-order valence-electron chi connectivity index (χ4n) is 3.32. The van der Waals surface area contributed by atoms with Crippen molar-refractivity contribution in [3.63, 3.8) is 0 Å². The minimum atomic E-state index is -0.0146. The molecule has 2 unspecified atom stereocenters. The molecule has 1 heterocycles. The maximum atomic E-state index is 12.3. The molecule has 3 rings (SSSR count). The number of nitrogens with two attached hydrogens (primary N) is 2. The van der Waals surface area contributed by atoms with E-state index in [-0.39, 0.29) is 18.0 Å². The van der Waals surface area contributed by atoms with Gasteiger partial charge in [0, 0.05) is 17.8 Å². The minimum absolute atomic E-state index is 0.0146. The molecule has 0 aliphatic carbocycles. The molecule has 1 amide bonds. The number of thiazole rings is 1. The zero-order chi connectivity index (χ0) is 22.4. The summed E-state index contributed by atoms with van der Waals surface area (Å²) < 4.78 is 1.89. The van der Waals surface area contributed by atoms with Crippen molar-refractivity contribution in [2.24, 2.45) is 5.73 Å². The molecule has 0 saturated carbocycles. The first kappa shape index (κ1) is 24.1. The molecule has 166 valence electrons. The average molecular weight is 498 g/mol. The number of benzene rings is 2. The van der Waals surface area contributed by atoms with Crippen molar-refractivity contribution < 1.29 is 4.79 Å². The van der Waals surface area contributed by atoms with E-state index in [1.165, 1.54) is 11.8 Å². The molecule has 5 nitrogen and oxygen atoms in total. The van der Waals surface area contributed by atoms with Crippen LogP contribution in [0, 0.1) is 0 Å². The Kier molecular flexibility index (Phi) is 8.86. The van der Waals surface area contributed by atoms with Crippen LogP contribution in [0.2, 0.25) is 10.0 Å². The maximum Gasteiger partial charge on any atom is 0.230 e.